The minimum atomic E-state index is -0.750. The maximum atomic E-state index is 14.7. The molecule has 0 radical (unpaired) electrons. The number of nitrogens with one attached hydrogen (secondary N) is 1. The Labute approximate surface area is 196 Å². The number of benzene rings is 3. The van der Waals surface area contributed by atoms with Crippen molar-refractivity contribution in [2.45, 2.75) is 12.5 Å². The van der Waals surface area contributed by atoms with Gasteiger partial charge < -0.3 is 20.5 Å². The number of anilines is 1. The van der Waals surface area contributed by atoms with Gasteiger partial charge in [-0.1, -0.05) is 36.4 Å². The molecule has 3 aromatic carbocycles. The molecule has 0 bridgehead atoms. The average molecular weight is 469 g/mol. The largest absolute Gasteiger partial charge is 0.468 e. The Morgan fingerprint density at radius 3 is 2.55 bits per heavy atom. The molecule has 0 saturated heterocycles. The topological polar surface area (TPSA) is 90.7 Å². The minimum absolute atomic E-state index is 0. The van der Waals surface area contributed by atoms with Crippen LogP contribution in [-0.2, 0) is 20.7 Å². The second-order valence-corrected chi connectivity index (χ2v) is 7.33. The van der Waals surface area contributed by atoms with Gasteiger partial charge in [-0.25, -0.2) is 4.39 Å². The van der Waals surface area contributed by atoms with Crippen molar-refractivity contribution in [3.05, 3.63) is 89.2 Å². The van der Waals surface area contributed by atoms with Crippen molar-refractivity contribution in [3.8, 4) is 11.5 Å². The van der Waals surface area contributed by atoms with Gasteiger partial charge in [-0.2, -0.15) is 0 Å². The highest BCUT2D eigenvalue weighted by Crippen LogP contribution is 2.33. The molecule has 3 N–H and O–H groups in total. The van der Waals surface area contributed by atoms with E-state index in [2.05, 4.69) is 10.1 Å². The molecule has 1 heterocycles. The first-order valence-corrected chi connectivity index (χ1v) is 9.97. The third-order valence-corrected chi connectivity index (χ3v) is 5.09. The first-order valence-electron chi connectivity index (χ1n) is 9.97. The molecule has 6 nitrogen and oxygen atoms in total. The summed E-state index contributed by atoms with van der Waals surface area (Å²) in [5.41, 5.74) is 9.14. The molecule has 0 fully saturated rings. The Morgan fingerprint density at radius 1 is 1.12 bits per heavy atom. The van der Waals surface area contributed by atoms with Crippen molar-refractivity contribution in [2.75, 3.05) is 12.4 Å². The van der Waals surface area contributed by atoms with Crippen LogP contribution in [0.5, 0.6) is 11.5 Å². The van der Waals surface area contributed by atoms with Crippen LogP contribution in [0.3, 0.4) is 0 Å². The molecule has 170 valence electrons. The summed E-state index contributed by atoms with van der Waals surface area (Å²) in [7, 11) is 1.29. The molecule has 1 aliphatic rings. The van der Waals surface area contributed by atoms with E-state index >= 15 is 0 Å². The molecule has 0 spiro atoms. The third kappa shape index (κ3) is 5.39. The summed E-state index contributed by atoms with van der Waals surface area (Å²) in [4.78, 5) is 23.7. The fourth-order valence-electron chi connectivity index (χ4n) is 3.45. The molecule has 33 heavy (non-hydrogen) atoms. The van der Waals surface area contributed by atoms with Crippen LogP contribution >= 0.6 is 12.4 Å². The monoisotopic (exact) mass is 468 g/mol. The zero-order valence-electron chi connectivity index (χ0n) is 17.7. The molecule has 0 aromatic heterocycles. The van der Waals surface area contributed by atoms with Gasteiger partial charge in [0.15, 0.2) is 11.6 Å². The Bertz CT molecular complexity index is 1210. The van der Waals surface area contributed by atoms with Crippen molar-refractivity contribution in [2.24, 2.45) is 5.73 Å². The fourth-order valence-corrected chi connectivity index (χ4v) is 3.45. The molecule has 8 heteroatoms. The SMILES string of the molecule is COC(=O)C(N)Cc1ccc(Oc2ccc(C=C3C(=O)Nc4ccccc43)cc2F)cc1.Cl. The number of nitrogens with two attached hydrogens (primary N) is 1. The predicted octanol–water partition coefficient (Wildman–Crippen LogP) is 4.58. The van der Waals surface area contributed by atoms with Crippen LogP contribution in [0.15, 0.2) is 66.7 Å². The molecule has 4 rings (SSSR count). The lowest BCUT2D eigenvalue weighted by Gasteiger charge is -2.11. The lowest BCUT2D eigenvalue weighted by Crippen LogP contribution is -2.33. The van der Waals surface area contributed by atoms with E-state index in [1.165, 1.54) is 19.2 Å². The molecule has 0 aliphatic carbocycles. The van der Waals surface area contributed by atoms with Gasteiger partial charge in [0.05, 0.1) is 7.11 Å². The van der Waals surface area contributed by atoms with Crippen LogP contribution in [0, 0.1) is 5.82 Å². The maximum absolute atomic E-state index is 14.7. The van der Waals surface area contributed by atoms with Crippen molar-refractivity contribution in [3.63, 3.8) is 0 Å². The van der Waals surface area contributed by atoms with Crippen molar-refractivity contribution >= 4 is 41.6 Å². The first kappa shape index (κ1) is 24.0. The lowest BCUT2D eigenvalue weighted by atomic mass is 10.0. The summed E-state index contributed by atoms with van der Waals surface area (Å²) in [6, 6.07) is 18.0. The van der Waals surface area contributed by atoms with E-state index in [0.717, 1.165) is 16.8 Å². The number of esters is 1. The standard InChI is InChI=1S/C25H21FN2O4.ClH/c1-31-25(30)21(27)14-15-6-9-17(10-7-15)32-23-11-8-16(13-20(23)26)12-19-18-4-2-3-5-22(18)28-24(19)29;/h2-13,21H,14,27H2,1H3,(H,28,29);1H. The zero-order chi connectivity index (χ0) is 22.7. The van der Waals surface area contributed by atoms with Crippen LogP contribution in [0.4, 0.5) is 10.1 Å². The highest BCUT2D eigenvalue weighted by Gasteiger charge is 2.23. The highest BCUT2D eigenvalue weighted by molar-refractivity contribution is 6.34. The maximum Gasteiger partial charge on any atom is 0.322 e. The van der Waals surface area contributed by atoms with Crippen molar-refractivity contribution in [1.82, 2.24) is 0 Å². The second-order valence-electron chi connectivity index (χ2n) is 7.33. The first-order chi connectivity index (χ1) is 15.4. The molecule has 1 atom stereocenters. The van der Waals surface area contributed by atoms with E-state index < -0.39 is 17.8 Å². The smallest absolute Gasteiger partial charge is 0.322 e. The lowest BCUT2D eigenvalue weighted by molar-refractivity contribution is -0.142. The van der Waals surface area contributed by atoms with Crippen LogP contribution < -0.4 is 15.8 Å². The molecular weight excluding hydrogens is 447 g/mol. The van der Waals surface area contributed by atoms with E-state index in [4.69, 9.17) is 10.5 Å². The van der Waals surface area contributed by atoms with Gasteiger partial charge in [-0.3, -0.25) is 9.59 Å². The Kier molecular flexibility index (Phi) is 7.48. The number of fused-ring (bicyclic) bond motifs is 1. The number of amides is 1. The Hall–Kier alpha value is -3.68. The summed E-state index contributed by atoms with van der Waals surface area (Å²) in [6.07, 6.45) is 1.97. The Balaban J connectivity index is 0.00000306. The number of halogens is 2. The minimum Gasteiger partial charge on any atom is -0.468 e. The van der Waals surface area contributed by atoms with E-state index in [-0.39, 0.29) is 24.1 Å². The number of para-hydroxylation sites is 1. The quantitative estimate of drug-likeness (QED) is 0.408. The van der Waals surface area contributed by atoms with E-state index in [1.807, 2.05) is 24.3 Å². The summed E-state index contributed by atoms with van der Waals surface area (Å²) in [5, 5.41) is 2.79. The number of methoxy groups -OCH3 is 1. The number of rotatable bonds is 6. The molecule has 1 unspecified atom stereocenters. The van der Waals surface area contributed by atoms with Crippen LogP contribution in [0.25, 0.3) is 11.6 Å². The number of carbonyl (C=O) groups is 2. The van der Waals surface area contributed by atoms with Gasteiger partial charge in [0.2, 0.25) is 0 Å². The van der Waals surface area contributed by atoms with Gasteiger partial charge >= 0.3 is 5.97 Å². The fraction of sp³-hybridized carbons (Fsp3) is 0.120. The highest BCUT2D eigenvalue weighted by atomic mass is 35.5. The van der Waals surface area contributed by atoms with E-state index in [0.29, 0.717) is 23.3 Å². The van der Waals surface area contributed by atoms with Crippen LogP contribution in [-0.4, -0.2) is 25.0 Å². The average Bonchev–Trinajstić information content (AvgIpc) is 3.11. The van der Waals surface area contributed by atoms with Gasteiger partial charge in [-0.05, 0) is 54.0 Å². The third-order valence-electron chi connectivity index (χ3n) is 5.09. The van der Waals surface area contributed by atoms with E-state index in [9.17, 15) is 14.0 Å². The van der Waals surface area contributed by atoms with Gasteiger partial charge in [0.1, 0.15) is 11.8 Å². The normalized spacial score (nSPS) is 14.2. The summed E-state index contributed by atoms with van der Waals surface area (Å²) in [5.74, 6) is -0.764. The molecule has 3 aromatic rings. The zero-order valence-corrected chi connectivity index (χ0v) is 18.5. The van der Waals surface area contributed by atoms with Gasteiger partial charge in [0.25, 0.3) is 5.91 Å². The predicted molar refractivity (Wildman–Crippen MR) is 127 cm³/mol. The molecular formula is C25H22ClFN2O4. The van der Waals surface area contributed by atoms with Crippen molar-refractivity contribution in [1.29, 1.82) is 0 Å². The van der Waals surface area contributed by atoms with Crippen LogP contribution in [0.2, 0.25) is 0 Å². The van der Waals surface area contributed by atoms with Gasteiger partial charge in [-0.15, -0.1) is 12.4 Å². The second kappa shape index (κ2) is 10.3. The number of ether oxygens (including phenoxy) is 2. The van der Waals surface area contributed by atoms with Gasteiger partial charge in [0, 0.05) is 16.8 Å². The molecule has 0 saturated carbocycles. The summed E-state index contributed by atoms with van der Waals surface area (Å²) in [6.45, 7) is 0. The Morgan fingerprint density at radius 2 is 1.85 bits per heavy atom. The van der Waals surface area contributed by atoms with E-state index in [1.54, 1.807) is 36.4 Å². The van der Waals surface area contributed by atoms with Crippen molar-refractivity contribution < 1.29 is 23.5 Å². The molecule has 1 aliphatic heterocycles. The summed E-state index contributed by atoms with van der Waals surface area (Å²) >= 11 is 0. The number of hydrogen-bond donors (Lipinski definition) is 2. The number of carbonyl (C=O) groups excluding carboxylic acids is 2. The van der Waals surface area contributed by atoms with Crippen LogP contribution in [0.1, 0.15) is 16.7 Å². The molecule has 1 amide bonds. The number of hydrogen-bond acceptors (Lipinski definition) is 5. The summed E-state index contributed by atoms with van der Waals surface area (Å²) < 4.78 is 24.9.